The van der Waals surface area contributed by atoms with Gasteiger partial charge in [0.05, 0.1) is 23.4 Å². The predicted octanol–water partition coefficient (Wildman–Crippen LogP) is 3.26. The number of nitrogens with one attached hydrogen (secondary N) is 1. The van der Waals surface area contributed by atoms with Crippen LogP contribution in [0.15, 0.2) is 12.1 Å². The highest BCUT2D eigenvalue weighted by atomic mass is 35.5. The Morgan fingerprint density at radius 2 is 2.04 bits per heavy atom. The van der Waals surface area contributed by atoms with E-state index < -0.39 is 0 Å². The molecule has 3 N–H and O–H groups in total. The number of carbonyl (C=O) groups is 1. The molecule has 1 aliphatic rings. The Hall–Kier alpha value is -1.46. The lowest BCUT2D eigenvalue weighted by molar-refractivity contribution is 0.0900. The van der Waals surface area contributed by atoms with E-state index in [1.807, 2.05) is 0 Å². The van der Waals surface area contributed by atoms with Crippen LogP contribution in [0.1, 0.15) is 42.5 Å². The van der Waals surface area contributed by atoms with E-state index in [4.69, 9.17) is 26.8 Å². The Balaban J connectivity index is 2.08. The Morgan fingerprint density at radius 1 is 1.35 bits per heavy atom. The summed E-state index contributed by atoms with van der Waals surface area (Å²) in [6.45, 7) is 1.35. The summed E-state index contributed by atoms with van der Waals surface area (Å²) in [5.74, 6) is 0.245. The number of amides is 1. The molecule has 0 unspecified atom stereocenters. The molecule has 0 heterocycles. The summed E-state index contributed by atoms with van der Waals surface area (Å²) >= 11 is 6.03. The van der Waals surface area contributed by atoms with Gasteiger partial charge in [-0.3, -0.25) is 4.79 Å². The Bertz CT molecular complexity index is 557. The van der Waals surface area contributed by atoms with E-state index in [2.05, 4.69) is 5.32 Å². The summed E-state index contributed by atoms with van der Waals surface area (Å²) < 4.78 is 10.5. The van der Waals surface area contributed by atoms with E-state index in [9.17, 15) is 4.79 Å². The van der Waals surface area contributed by atoms with E-state index >= 15 is 0 Å². The normalized spacial score (nSPS) is 16.3. The molecule has 2 rings (SSSR count). The molecule has 0 radical (unpaired) electrons. The SMILES string of the molecule is COCCC1(CNC(=O)c2cc(Cl)c(N)cc2OC)CCCC1. The first-order chi connectivity index (χ1) is 11.0. The van der Waals surface area contributed by atoms with Crippen LogP contribution in [-0.2, 0) is 4.74 Å². The van der Waals surface area contributed by atoms with Crippen LogP contribution in [0.4, 0.5) is 5.69 Å². The van der Waals surface area contributed by atoms with Gasteiger partial charge in [-0.15, -0.1) is 0 Å². The van der Waals surface area contributed by atoms with Crippen LogP contribution in [-0.4, -0.2) is 33.3 Å². The molecule has 1 saturated carbocycles. The van der Waals surface area contributed by atoms with Crippen molar-refractivity contribution in [1.82, 2.24) is 5.32 Å². The third kappa shape index (κ3) is 4.30. The fraction of sp³-hybridized carbons (Fsp3) is 0.588. The lowest BCUT2D eigenvalue weighted by Crippen LogP contribution is -2.37. The molecule has 5 nitrogen and oxygen atoms in total. The van der Waals surface area contributed by atoms with Crippen LogP contribution in [0, 0.1) is 5.41 Å². The molecule has 128 valence electrons. The van der Waals surface area contributed by atoms with Crippen molar-refractivity contribution in [3.63, 3.8) is 0 Å². The average molecular weight is 341 g/mol. The fourth-order valence-corrected chi connectivity index (χ4v) is 3.40. The number of halogens is 1. The van der Waals surface area contributed by atoms with Crippen molar-refractivity contribution < 1.29 is 14.3 Å². The molecule has 1 aromatic carbocycles. The van der Waals surface area contributed by atoms with Crippen LogP contribution in [0.3, 0.4) is 0 Å². The summed E-state index contributed by atoms with van der Waals surface area (Å²) in [6.07, 6.45) is 5.61. The summed E-state index contributed by atoms with van der Waals surface area (Å²) in [5.41, 5.74) is 6.70. The summed E-state index contributed by atoms with van der Waals surface area (Å²) in [7, 11) is 3.22. The minimum atomic E-state index is -0.188. The van der Waals surface area contributed by atoms with Crippen LogP contribution in [0.25, 0.3) is 0 Å². The number of carbonyl (C=O) groups excluding carboxylic acids is 1. The van der Waals surface area contributed by atoms with Crippen molar-refractivity contribution >= 4 is 23.2 Å². The highest BCUT2D eigenvalue weighted by molar-refractivity contribution is 6.33. The van der Waals surface area contributed by atoms with Crippen molar-refractivity contribution in [2.45, 2.75) is 32.1 Å². The number of anilines is 1. The first-order valence-corrected chi connectivity index (χ1v) is 8.29. The van der Waals surface area contributed by atoms with Crippen molar-refractivity contribution in [2.24, 2.45) is 5.41 Å². The van der Waals surface area contributed by atoms with Crippen molar-refractivity contribution in [2.75, 3.05) is 33.1 Å². The topological polar surface area (TPSA) is 73.6 Å². The van der Waals surface area contributed by atoms with E-state index in [0.29, 0.717) is 35.2 Å². The number of rotatable bonds is 7. The second kappa shape index (κ2) is 7.88. The molecule has 0 bridgehead atoms. The van der Waals surface area contributed by atoms with E-state index in [1.54, 1.807) is 19.2 Å². The zero-order chi connectivity index (χ0) is 16.9. The average Bonchev–Trinajstić information content (AvgIpc) is 3.02. The molecule has 0 saturated heterocycles. The summed E-state index contributed by atoms with van der Waals surface area (Å²) in [6, 6.07) is 3.13. The molecule has 1 aliphatic carbocycles. The van der Waals surface area contributed by atoms with Gasteiger partial charge in [-0.1, -0.05) is 24.4 Å². The van der Waals surface area contributed by atoms with Gasteiger partial charge in [-0.05, 0) is 30.7 Å². The van der Waals surface area contributed by atoms with Gasteiger partial charge < -0.3 is 20.5 Å². The molecule has 0 atom stereocenters. The van der Waals surface area contributed by atoms with Gasteiger partial charge in [0.2, 0.25) is 0 Å². The first kappa shape index (κ1) is 17.9. The number of hydrogen-bond acceptors (Lipinski definition) is 4. The molecule has 0 spiro atoms. The third-order valence-corrected chi connectivity index (χ3v) is 5.02. The van der Waals surface area contributed by atoms with E-state index in [1.165, 1.54) is 20.0 Å². The quantitative estimate of drug-likeness (QED) is 0.747. The second-order valence-electron chi connectivity index (χ2n) is 6.21. The number of benzene rings is 1. The Morgan fingerprint density at radius 3 is 2.65 bits per heavy atom. The van der Waals surface area contributed by atoms with Gasteiger partial charge in [0.15, 0.2) is 0 Å². The fourth-order valence-electron chi connectivity index (χ4n) is 3.24. The molecule has 6 heteroatoms. The minimum Gasteiger partial charge on any atom is -0.496 e. The maximum Gasteiger partial charge on any atom is 0.255 e. The maximum absolute atomic E-state index is 12.5. The molecule has 23 heavy (non-hydrogen) atoms. The van der Waals surface area contributed by atoms with E-state index in [0.717, 1.165) is 19.3 Å². The minimum absolute atomic E-state index is 0.135. The largest absolute Gasteiger partial charge is 0.496 e. The Kier molecular flexibility index (Phi) is 6.13. The number of ether oxygens (including phenoxy) is 2. The van der Waals surface area contributed by atoms with Gasteiger partial charge in [0.25, 0.3) is 5.91 Å². The van der Waals surface area contributed by atoms with Gasteiger partial charge in [-0.25, -0.2) is 0 Å². The van der Waals surface area contributed by atoms with Gasteiger partial charge >= 0.3 is 0 Å². The number of hydrogen-bond donors (Lipinski definition) is 2. The van der Waals surface area contributed by atoms with Crippen molar-refractivity contribution in [3.8, 4) is 5.75 Å². The van der Waals surface area contributed by atoms with Crippen molar-refractivity contribution in [3.05, 3.63) is 22.7 Å². The van der Waals surface area contributed by atoms with Crippen LogP contribution in [0.2, 0.25) is 5.02 Å². The first-order valence-electron chi connectivity index (χ1n) is 7.91. The van der Waals surface area contributed by atoms with Crippen molar-refractivity contribution in [1.29, 1.82) is 0 Å². The molecule has 0 aliphatic heterocycles. The summed E-state index contributed by atoms with van der Waals surface area (Å²) in [5, 5.41) is 3.39. The van der Waals surface area contributed by atoms with Gasteiger partial charge in [0, 0.05) is 26.3 Å². The molecule has 1 fully saturated rings. The standard InChI is InChI=1S/C17H25ClN2O3/c1-22-8-7-17(5-3-4-6-17)11-20-16(21)12-9-13(18)14(19)10-15(12)23-2/h9-10H,3-8,11,19H2,1-2H3,(H,20,21). The third-order valence-electron chi connectivity index (χ3n) is 4.69. The number of nitrogens with two attached hydrogens (primary N) is 1. The smallest absolute Gasteiger partial charge is 0.255 e. The highest BCUT2D eigenvalue weighted by Crippen LogP contribution is 2.40. The van der Waals surface area contributed by atoms with Gasteiger partial charge in [0.1, 0.15) is 5.75 Å². The monoisotopic (exact) mass is 340 g/mol. The maximum atomic E-state index is 12.5. The molecular formula is C17H25ClN2O3. The lowest BCUT2D eigenvalue weighted by atomic mass is 9.83. The zero-order valence-electron chi connectivity index (χ0n) is 13.8. The molecule has 0 aromatic heterocycles. The highest BCUT2D eigenvalue weighted by Gasteiger charge is 2.34. The van der Waals surface area contributed by atoms with Crippen LogP contribution < -0.4 is 15.8 Å². The zero-order valence-corrected chi connectivity index (χ0v) is 14.5. The van der Waals surface area contributed by atoms with E-state index in [-0.39, 0.29) is 11.3 Å². The van der Waals surface area contributed by atoms with Gasteiger partial charge in [-0.2, -0.15) is 0 Å². The summed E-state index contributed by atoms with van der Waals surface area (Å²) in [4.78, 5) is 12.5. The molecule has 1 aromatic rings. The second-order valence-corrected chi connectivity index (χ2v) is 6.61. The molecular weight excluding hydrogens is 316 g/mol. The lowest BCUT2D eigenvalue weighted by Gasteiger charge is -2.29. The van der Waals surface area contributed by atoms with Crippen LogP contribution in [0.5, 0.6) is 5.75 Å². The number of nitrogen functional groups attached to an aromatic ring is 1. The van der Waals surface area contributed by atoms with Crippen LogP contribution >= 0.6 is 11.6 Å². The predicted molar refractivity (Wildman–Crippen MR) is 92.1 cm³/mol. The number of methoxy groups -OCH3 is 2. The molecule has 1 amide bonds. The Labute approximate surface area is 142 Å².